The SMILES string of the molecule is CCCC1=CC(=O)C(=O)C(C)=C1. The number of ketones is 2. The molecule has 0 N–H and O–H groups in total. The van der Waals surface area contributed by atoms with E-state index in [0.29, 0.717) is 5.57 Å². The van der Waals surface area contributed by atoms with Gasteiger partial charge in [-0.05, 0) is 25.0 Å². The van der Waals surface area contributed by atoms with Gasteiger partial charge in [-0.2, -0.15) is 0 Å². The molecular formula is C10H12O2. The standard InChI is InChI=1S/C10H12O2/c1-3-4-8-5-7(2)10(12)9(11)6-8/h5-6H,3-4H2,1-2H3. The molecule has 0 atom stereocenters. The van der Waals surface area contributed by atoms with Crippen molar-refractivity contribution in [2.45, 2.75) is 26.7 Å². The third kappa shape index (κ3) is 1.70. The zero-order valence-corrected chi connectivity index (χ0v) is 7.39. The molecule has 0 spiro atoms. The number of hydrogen-bond donors (Lipinski definition) is 0. The second kappa shape index (κ2) is 3.48. The van der Waals surface area contributed by atoms with Crippen LogP contribution in [0.5, 0.6) is 0 Å². The molecule has 0 aromatic rings. The Kier molecular flexibility index (Phi) is 2.58. The first-order chi connectivity index (χ1) is 5.65. The minimum atomic E-state index is -0.376. The Hall–Kier alpha value is -1.18. The van der Waals surface area contributed by atoms with Gasteiger partial charge in [0, 0.05) is 5.57 Å². The molecule has 2 heteroatoms. The van der Waals surface area contributed by atoms with Gasteiger partial charge in [0.05, 0.1) is 0 Å². The molecule has 0 amide bonds. The van der Waals surface area contributed by atoms with E-state index in [9.17, 15) is 9.59 Å². The predicted molar refractivity (Wildman–Crippen MR) is 46.8 cm³/mol. The lowest BCUT2D eigenvalue weighted by molar-refractivity contribution is -0.131. The van der Waals surface area contributed by atoms with Crippen LogP contribution in [-0.2, 0) is 9.59 Å². The molecule has 1 aliphatic carbocycles. The molecular weight excluding hydrogens is 152 g/mol. The molecule has 1 aliphatic rings. The van der Waals surface area contributed by atoms with Crippen LogP contribution in [0, 0.1) is 0 Å². The Bertz CT molecular complexity index is 282. The van der Waals surface area contributed by atoms with Crippen molar-refractivity contribution >= 4 is 11.6 Å². The summed E-state index contributed by atoms with van der Waals surface area (Å²) in [5.74, 6) is -0.742. The predicted octanol–water partition coefficient (Wildman–Crippen LogP) is 1.81. The summed E-state index contributed by atoms with van der Waals surface area (Å²) >= 11 is 0. The summed E-state index contributed by atoms with van der Waals surface area (Å²) in [4.78, 5) is 22.0. The average Bonchev–Trinajstić information content (AvgIpc) is 2.01. The van der Waals surface area contributed by atoms with Crippen molar-refractivity contribution in [3.8, 4) is 0 Å². The Balaban J connectivity index is 2.87. The summed E-state index contributed by atoms with van der Waals surface area (Å²) in [6, 6.07) is 0. The minimum absolute atomic E-state index is 0.366. The molecule has 1 rings (SSSR count). The van der Waals surface area contributed by atoms with Crippen molar-refractivity contribution < 1.29 is 9.59 Å². The Morgan fingerprint density at radius 1 is 1.25 bits per heavy atom. The molecule has 0 aliphatic heterocycles. The summed E-state index contributed by atoms with van der Waals surface area (Å²) < 4.78 is 0. The Labute approximate surface area is 72.0 Å². The summed E-state index contributed by atoms with van der Waals surface area (Å²) in [7, 11) is 0. The maximum Gasteiger partial charge on any atom is 0.228 e. The minimum Gasteiger partial charge on any atom is -0.286 e. The van der Waals surface area contributed by atoms with Crippen LogP contribution < -0.4 is 0 Å². The van der Waals surface area contributed by atoms with Crippen LogP contribution in [-0.4, -0.2) is 11.6 Å². The molecule has 0 unspecified atom stereocenters. The highest BCUT2D eigenvalue weighted by molar-refractivity contribution is 6.48. The van der Waals surface area contributed by atoms with Crippen LogP contribution in [0.25, 0.3) is 0 Å². The van der Waals surface area contributed by atoms with E-state index >= 15 is 0 Å². The van der Waals surface area contributed by atoms with E-state index in [1.807, 2.05) is 6.92 Å². The van der Waals surface area contributed by atoms with E-state index < -0.39 is 0 Å². The van der Waals surface area contributed by atoms with Crippen LogP contribution in [0.15, 0.2) is 23.3 Å². The lowest BCUT2D eigenvalue weighted by Crippen LogP contribution is -2.16. The van der Waals surface area contributed by atoms with Gasteiger partial charge in [0.15, 0.2) is 0 Å². The normalized spacial score (nSPS) is 17.5. The van der Waals surface area contributed by atoms with Crippen molar-refractivity contribution in [1.82, 2.24) is 0 Å². The quantitative estimate of drug-likeness (QED) is 0.460. The first-order valence-electron chi connectivity index (χ1n) is 4.12. The zero-order valence-electron chi connectivity index (χ0n) is 7.39. The lowest BCUT2D eigenvalue weighted by Gasteiger charge is -2.07. The van der Waals surface area contributed by atoms with E-state index in [1.165, 1.54) is 6.08 Å². The summed E-state index contributed by atoms with van der Waals surface area (Å²) in [5.41, 5.74) is 1.53. The summed E-state index contributed by atoms with van der Waals surface area (Å²) in [6.07, 6.45) is 5.11. The Morgan fingerprint density at radius 3 is 2.42 bits per heavy atom. The molecule has 64 valence electrons. The highest BCUT2D eigenvalue weighted by Gasteiger charge is 2.17. The third-order valence-corrected chi connectivity index (χ3v) is 1.84. The van der Waals surface area contributed by atoms with Crippen molar-refractivity contribution in [2.75, 3.05) is 0 Å². The van der Waals surface area contributed by atoms with Crippen LogP contribution in [0.3, 0.4) is 0 Å². The van der Waals surface area contributed by atoms with Crippen molar-refractivity contribution in [3.05, 3.63) is 23.3 Å². The largest absolute Gasteiger partial charge is 0.286 e. The van der Waals surface area contributed by atoms with Crippen LogP contribution >= 0.6 is 0 Å². The van der Waals surface area contributed by atoms with Crippen LogP contribution in [0.1, 0.15) is 26.7 Å². The monoisotopic (exact) mass is 164 g/mol. The second-order valence-electron chi connectivity index (χ2n) is 2.99. The number of carbonyl (C=O) groups excluding carboxylic acids is 2. The molecule has 2 nitrogen and oxygen atoms in total. The van der Waals surface area contributed by atoms with Crippen molar-refractivity contribution in [2.24, 2.45) is 0 Å². The van der Waals surface area contributed by atoms with Crippen LogP contribution in [0.4, 0.5) is 0 Å². The van der Waals surface area contributed by atoms with Gasteiger partial charge in [-0.15, -0.1) is 0 Å². The number of Topliss-reactive ketones (excluding diaryl/α,β-unsaturated/α-hetero) is 1. The van der Waals surface area contributed by atoms with Gasteiger partial charge in [-0.25, -0.2) is 0 Å². The van der Waals surface area contributed by atoms with Gasteiger partial charge in [0.1, 0.15) is 0 Å². The van der Waals surface area contributed by atoms with Gasteiger partial charge < -0.3 is 0 Å². The fourth-order valence-corrected chi connectivity index (χ4v) is 1.25. The van der Waals surface area contributed by atoms with E-state index in [4.69, 9.17) is 0 Å². The van der Waals surface area contributed by atoms with Crippen molar-refractivity contribution in [1.29, 1.82) is 0 Å². The van der Waals surface area contributed by atoms with Gasteiger partial charge in [0.25, 0.3) is 0 Å². The average molecular weight is 164 g/mol. The van der Waals surface area contributed by atoms with E-state index in [2.05, 4.69) is 0 Å². The molecule has 0 aromatic heterocycles. The molecule has 0 fully saturated rings. The zero-order chi connectivity index (χ0) is 9.14. The number of carbonyl (C=O) groups is 2. The lowest BCUT2D eigenvalue weighted by atomic mass is 9.96. The van der Waals surface area contributed by atoms with Gasteiger partial charge in [0.2, 0.25) is 11.6 Å². The number of allylic oxidation sites excluding steroid dienone is 4. The first-order valence-corrected chi connectivity index (χ1v) is 4.12. The topological polar surface area (TPSA) is 34.1 Å². The maximum atomic E-state index is 11.0. The Morgan fingerprint density at radius 2 is 1.92 bits per heavy atom. The van der Waals surface area contributed by atoms with Gasteiger partial charge in [-0.1, -0.05) is 19.4 Å². The highest BCUT2D eigenvalue weighted by Crippen LogP contribution is 2.15. The van der Waals surface area contributed by atoms with E-state index in [1.54, 1.807) is 13.0 Å². The first kappa shape index (κ1) is 8.91. The molecule has 0 saturated heterocycles. The third-order valence-electron chi connectivity index (χ3n) is 1.84. The summed E-state index contributed by atoms with van der Waals surface area (Å²) in [5, 5.41) is 0. The second-order valence-corrected chi connectivity index (χ2v) is 2.99. The van der Waals surface area contributed by atoms with Crippen LogP contribution in [0.2, 0.25) is 0 Å². The highest BCUT2D eigenvalue weighted by atomic mass is 16.2. The molecule has 12 heavy (non-hydrogen) atoms. The molecule has 0 aromatic carbocycles. The summed E-state index contributed by atoms with van der Waals surface area (Å²) in [6.45, 7) is 3.73. The van der Waals surface area contributed by atoms with Gasteiger partial charge >= 0.3 is 0 Å². The molecule has 0 bridgehead atoms. The smallest absolute Gasteiger partial charge is 0.228 e. The van der Waals surface area contributed by atoms with Crippen molar-refractivity contribution in [3.63, 3.8) is 0 Å². The molecule has 0 radical (unpaired) electrons. The molecule has 0 heterocycles. The van der Waals surface area contributed by atoms with Gasteiger partial charge in [-0.3, -0.25) is 9.59 Å². The maximum absolute atomic E-state index is 11.0. The number of rotatable bonds is 2. The fraction of sp³-hybridized carbons (Fsp3) is 0.400. The fourth-order valence-electron chi connectivity index (χ4n) is 1.25. The van der Waals surface area contributed by atoms with E-state index in [-0.39, 0.29) is 11.6 Å². The molecule has 0 saturated carbocycles. The van der Waals surface area contributed by atoms with E-state index in [0.717, 1.165) is 18.4 Å². The number of hydrogen-bond acceptors (Lipinski definition) is 2.